The SMILES string of the molecule is CCn1c(=O)c2cc(C(=O)Nc3ccc(OC)c(OC)c3)sc2c2ccccc21. The first-order valence-corrected chi connectivity index (χ1v) is 9.97. The van der Waals surface area contributed by atoms with Crippen LogP contribution >= 0.6 is 11.3 Å². The van der Waals surface area contributed by atoms with E-state index in [-0.39, 0.29) is 11.5 Å². The van der Waals surface area contributed by atoms with Gasteiger partial charge in [-0.1, -0.05) is 18.2 Å². The zero-order chi connectivity index (χ0) is 20.5. The fourth-order valence-electron chi connectivity index (χ4n) is 3.44. The average Bonchev–Trinajstić information content (AvgIpc) is 3.20. The molecule has 7 heteroatoms. The van der Waals surface area contributed by atoms with Crippen molar-refractivity contribution in [3.8, 4) is 11.5 Å². The van der Waals surface area contributed by atoms with E-state index >= 15 is 0 Å². The van der Waals surface area contributed by atoms with E-state index in [1.54, 1.807) is 43.1 Å². The molecule has 0 radical (unpaired) electrons. The predicted octanol–water partition coefficient (Wildman–Crippen LogP) is 4.51. The number of methoxy groups -OCH3 is 2. The van der Waals surface area contributed by atoms with Crippen LogP contribution in [0.3, 0.4) is 0 Å². The molecule has 0 saturated heterocycles. The van der Waals surface area contributed by atoms with E-state index in [4.69, 9.17) is 9.47 Å². The van der Waals surface area contributed by atoms with Gasteiger partial charge in [0.15, 0.2) is 11.5 Å². The molecular weight excluding hydrogens is 388 g/mol. The third kappa shape index (κ3) is 3.23. The lowest BCUT2D eigenvalue weighted by Gasteiger charge is -2.10. The molecule has 4 rings (SSSR count). The smallest absolute Gasteiger partial charge is 0.265 e. The Balaban J connectivity index is 1.77. The van der Waals surface area contributed by atoms with Crippen LogP contribution in [0.4, 0.5) is 5.69 Å². The van der Waals surface area contributed by atoms with Gasteiger partial charge in [-0.05, 0) is 31.2 Å². The summed E-state index contributed by atoms with van der Waals surface area (Å²) in [6.07, 6.45) is 0. The van der Waals surface area contributed by atoms with Gasteiger partial charge in [-0.25, -0.2) is 0 Å². The van der Waals surface area contributed by atoms with Crippen LogP contribution in [0.1, 0.15) is 16.6 Å². The van der Waals surface area contributed by atoms with Crippen LogP contribution in [0.25, 0.3) is 21.0 Å². The van der Waals surface area contributed by atoms with Gasteiger partial charge >= 0.3 is 0 Å². The summed E-state index contributed by atoms with van der Waals surface area (Å²) in [4.78, 5) is 26.3. The van der Waals surface area contributed by atoms with Crippen LogP contribution in [0.5, 0.6) is 11.5 Å². The van der Waals surface area contributed by atoms with E-state index in [2.05, 4.69) is 5.32 Å². The number of ether oxygens (including phenoxy) is 2. The number of hydrogen-bond acceptors (Lipinski definition) is 5. The van der Waals surface area contributed by atoms with Crippen molar-refractivity contribution in [1.82, 2.24) is 4.57 Å². The van der Waals surface area contributed by atoms with Crippen LogP contribution in [0.15, 0.2) is 53.3 Å². The minimum Gasteiger partial charge on any atom is -0.493 e. The molecule has 6 nitrogen and oxygen atoms in total. The normalized spacial score (nSPS) is 11.0. The first-order valence-electron chi connectivity index (χ1n) is 9.15. The third-order valence-electron chi connectivity index (χ3n) is 4.83. The van der Waals surface area contributed by atoms with Crippen LogP contribution in [-0.4, -0.2) is 24.7 Å². The van der Waals surface area contributed by atoms with Crippen molar-refractivity contribution in [2.24, 2.45) is 0 Å². The van der Waals surface area contributed by atoms with E-state index in [9.17, 15) is 9.59 Å². The summed E-state index contributed by atoms with van der Waals surface area (Å²) < 4.78 is 13.1. The molecule has 4 aromatic rings. The molecule has 1 amide bonds. The summed E-state index contributed by atoms with van der Waals surface area (Å²) in [5.41, 5.74) is 1.38. The van der Waals surface area contributed by atoms with Crippen LogP contribution < -0.4 is 20.3 Å². The number of benzene rings is 2. The molecule has 0 spiro atoms. The molecule has 0 fully saturated rings. The quantitative estimate of drug-likeness (QED) is 0.528. The molecule has 0 aliphatic heterocycles. The maximum Gasteiger partial charge on any atom is 0.265 e. The first-order chi connectivity index (χ1) is 14.1. The van der Waals surface area contributed by atoms with Crippen molar-refractivity contribution in [3.63, 3.8) is 0 Å². The number of anilines is 1. The Hall–Kier alpha value is -3.32. The highest BCUT2D eigenvalue weighted by atomic mass is 32.1. The zero-order valence-electron chi connectivity index (χ0n) is 16.3. The van der Waals surface area contributed by atoms with Gasteiger partial charge in [-0.3, -0.25) is 9.59 Å². The second-order valence-corrected chi connectivity index (χ2v) is 7.50. The number of aryl methyl sites for hydroxylation is 1. The summed E-state index contributed by atoms with van der Waals surface area (Å²) in [7, 11) is 3.10. The second-order valence-electron chi connectivity index (χ2n) is 6.44. The Bertz CT molecular complexity index is 1290. The molecule has 1 N–H and O–H groups in total. The van der Waals surface area contributed by atoms with Crippen LogP contribution in [-0.2, 0) is 6.54 Å². The molecule has 0 aliphatic rings. The monoisotopic (exact) mass is 408 g/mol. The number of rotatable bonds is 5. The number of pyridine rings is 1. The van der Waals surface area contributed by atoms with E-state index in [1.165, 1.54) is 11.3 Å². The summed E-state index contributed by atoms with van der Waals surface area (Å²) in [5.74, 6) is 0.836. The number of thiophene rings is 1. The summed E-state index contributed by atoms with van der Waals surface area (Å²) in [6, 6.07) is 14.6. The Morgan fingerprint density at radius 2 is 1.79 bits per heavy atom. The van der Waals surface area contributed by atoms with E-state index < -0.39 is 0 Å². The number of para-hydroxylation sites is 1. The summed E-state index contributed by atoms with van der Waals surface area (Å²) in [5, 5.41) is 4.40. The number of carbonyl (C=O) groups is 1. The Morgan fingerprint density at radius 3 is 2.52 bits per heavy atom. The van der Waals surface area contributed by atoms with E-state index in [0.29, 0.717) is 34.0 Å². The van der Waals surface area contributed by atoms with Crippen molar-refractivity contribution >= 4 is 43.9 Å². The molecular formula is C22H20N2O4S. The van der Waals surface area contributed by atoms with Gasteiger partial charge in [0.25, 0.3) is 11.5 Å². The fourth-order valence-corrected chi connectivity index (χ4v) is 4.52. The fraction of sp³-hybridized carbons (Fsp3) is 0.182. The van der Waals surface area contributed by atoms with Crippen LogP contribution in [0.2, 0.25) is 0 Å². The molecule has 0 atom stereocenters. The number of carbonyl (C=O) groups excluding carboxylic acids is 1. The summed E-state index contributed by atoms with van der Waals surface area (Å²) in [6.45, 7) is 2.51. The van der Waals surface area contributed by atoms with Gasteiger partial charge in [0.2, 0.25) is 0 Å². The van der Waals surface area contributed by atoms with Gasteiger partial charge in [-0.15, -0.1) is 11.3 Å². The van der Waals surface area contributed by atoms with Crippen molar-refractivity contribution in [1.29, 1.82) is 0 Å². The van der Waals surface area contributed by atoms with Gasteiger partial charge in [-0.2, -0.15) is 0 Å². The number of amides is 1. The molecule has 2 aromatic heterocycles. The lowest BCUT2D eigenvalue weighted by Crippen LogP contribution is -2.19. The minimum atomic E-state index is -0.273. The molecule has 2 heterocycles. The highest BCUT2D eigenvalue weighted by Crippen LogP contribution is 2.32. The van der Waals surface area contributed by atoms with Crippen molar-refractivity contribution in [3.05, 3.63) is 63.8 Å². The number of fused-ring (bicyclic) bond motifs is 3. The van der Waals surface area contributed by atoms with E-state index in [1.807, 2.05) is 31.2 Å². The van der Waals surface area contributed by atoms with Crippen LogP contribution in [0, 0.1) is 0 Å². The Kier molecular flexibility index (Phi) is 4.98. The van der Waals surface area contributed by atoms with Gasteiger partial charge in [0.1, 0.15) is 0 Å². The number of nitrogens with one attached hydrogen (secondary N) is 1. The topological polar surface area (TPSA) is 69.6 Å². The lowest BCUT2D eigenvalue weighted by molar-refractivity contribution is 0.103. The van der Waals surface area contributed by atoms with E-state index in [0.717, 1.165) is 15.6 Å². The third-order valence-corrected chi connectivity index (χ3v) is 6.00. The summed E-state index contributed by atoms with van der Waals surface area (Å²) >= 11 is 1.32. The molecule has 2 aromatic carbocycles. The Labute approximate surface area is 171 Å². The van der Waals surface area contributed by atoms with Crippen molar-refractivity contribution in [2.75, 3.05) is 19.5 Å². The first kappa shape index (κ1) is 19.0. The number of nitrogens with zero attached hydrogens (tertiary/aromatic N) is 1. The van der Waals surface area contributed by atoms with Crippen molar-refractivity contribution in [2.45, 2.75) is 13.5 Å². The zero-order valence-corrected chi connectivity index (χ0v) is 17.1. The highest BCUT2D eigenvalue weighted by Gasteiger charge is 2.17. The Morgan fingerprint density at radius 1 is 1.03 bits per heavy atom. The maximum atomic E-state index is 12.9. The largest absolute Gasteiger partial charge is 0.493 e. The number of hydrogen-bond donors (Lipinski definition) is 1. The molecule has 0 aliphatic carbocycles. The maximum absolute atomic E-state index is 12.9. The standard InChI is InChI=1S/C22H20N2O4S/c1-4-24-16-8-6-5-7-14(16)20-15(22(24)26)12-19(29-20)21(25)23-13-9-10-17(27-2)18(11-13)28-3/h5-12H,4H2,1-3H3,(H,23,25). The lowest BCUT2D eigenvalue weighted by atomic mass is 10.1. The van der Waals surface area contributed by atoms with Gasteiger partial charge < -0.3 is 19.4 Å². The predicted molar refractivity (Wildman–Crippen MR) is 117 cm³/mol. The highest BCUT2D eigenvalue weighted by molar-refractivity contribution is 7.21. The molecule has 0 unspecified atom stereocenters. The minimum absolute atomic E-state index is 0.0809. The molecule has 0 saturated carbocycles. The number of aromatic nitrogens is 1. The average molecular weight is 408 g/mol. The molecule has 29 heavy (non-hydrogen) atoms. The van der Waals surface area contributed by atoms with Gasteiger partial charge in [0.05, 0.1) is 30.0 Å². The molecule has 0 bridgehead atoms. The van der Waals surface area contributed by atoms with Gasteiger partial charge in [0, 0.05) is 28.4 Å². The van der Waals surface area contributed by atoms with Crippen molar-refractivity contribution < 1.29 is 14.3 Å². The molecule has 148 valence electrons. The second kappa shape index (κ2) is 7.60.